The Balaban J connectivity index is 0.000000161. The maximum Gasteiger partial charge on any atom is 0.271 e. The van der Waals surface area contributed by atoms with Crippen molar-refractivity contribution in [2.45, 2.75) is 59.5 Å². The van der Waals surface area contributed by atoms with Gasteiger partial charge < -0.3 is 14.8 Å². The maximum absolute atomic E-state index is 12.1. The van der Waals surface area contributed by atoms with E-state index in [1.807, 2.05) is 20.0 Å². The first kappa shape index (κ1) is 29.1. The summed E-state index contributed by atoms with van der Waals surface area (Å²) < 4.78 is 2.70. The average Bonchev–Trinajstić information content (AvgIpc) is 3.34. The molecule has 0 aliphatic carbocycles. The van der Waals surface area contributed by atoms with Gasteiger partial charge in [-0.3, -0.25) is 14.6 Å². The highest BCUT2D eigenvalue weighted by atomic mass is 79.9. The van der Waals surface area contributed by atoms with E-state index in [-0.39, 0.29) is 11.7 Å². The standard InChI is InChI=1S/C15H19BrClN3.C15H18ClN3O/c1-9-7-10(2)13(12(17)8-9)20-6-4-5-11-14(16)19(3)18-15(11)20;1-9-7-10(2)13(12(16)8-9)19-6-4-5-11-14(19)17-18(3)15(11)20/h7-8,15,18H,4-6H2,1-3H3;7-8,17H,4-6H2,1-3H3. The summed E-state index contributed by atoms with van der Waals surface area (Å²) in [6.45, 7) is 10.2. The van der Waals surface area contributed by atoms with Crippen LogP contribution in [-0.2, 0) is 13.5 Å². The van der Waals surface area contributed by atoms with Gasteiger partial charge in [-0.15, -0.1) is 0 Å². The van der Waals surface area contributed by atoms with Gasteiger partial charge in [-0.05, 0) is 104 Å². The van der Waals surface area contributed by atoms with E-state index >= 15 is 0 Å². The van der Waals surface area contributed by atoms with Gasteiger partial charge in [-0.25, -0.2) is 5.43 Å². The van der Waals surface area contributed by atoms with Crippen LogP contribution in [0.25, 0.3) is 0 Å². The van der Waals surface area contributed by atoms with Crippen molar-refractivity contribution in [1.82, 2.24) is 20.2 Å². The van der Waals surface area contributed by atoms with Crippen LogP contribution in [0.5, 0.6) is 0 Å². The molecule has 2 aromatic carbocycles. The number of H-pyrrole nitrogens is 1. The number of hydrazine groups is 1. The lowest BCUT2D eigenvalue weighted by atomic mass is 10.0. The zero-order chi connectivity index (χ0) is 28.9. The monoisotopic (exact) mass is 646 g/mol. The van der Waals surface area contributed by atoms with Crippen molar-refractivity contribution in [3.63, 3.8) is 0 Å². The van der Waals surface area contributed by atoms with Gasteiger partial charge in [-0.2, -0.15) is 0 Å². The lowest BCUT2D eigenvalue weighted by Gasteiger charge is -2.38. The number of aryl methyl sites for hydroxylation is 5. The molecule has 214 valence electrons. The van der Waals surface area contributed by atoms with Gasteiger partial charge in [0.25, 0.3) is 5.56 Å². The van der Waals surface area contributed by atoms with E-state index in [0.717, 1.165) is 87.3 Å². The number of hydrogen-bond donors (Lipinski definition) is 2. The Morgan fingerprint density at radius 3 is 2.10 bits per heavy atom. The molecule has 0 amide bonds. The largest absolute Gasteiger partial charge is 0.349 e. The molecule has 0 bridgehead atoms. The van der Waals surface area contributed by atoms with Gasteiger partial charge in [0, 0.05) is 32.8 Å². The van der Waals surface area contributed by atoms with E-state index in [1.54, 1.807) is 11.7 Å². The first-order valence-electron chi connectivity index (χ1n) is 13.7. The third-order valence-corrected chi connectivity index (χ3v) is 9.53. The molecular weight excluding hydrogens is 611 g/mol. The SMILES string of the molecule is Cc1cc(C)c(N2CCCC3=C(Br)N(C)NC32)c(Cl)c1.Cc1cc(C)c(N2CCCc3c2[nH]n(C)c3=O)c(Cl)c1. The third-order valence-electron chi connectivity index (χ3n) is 7.92. The number of piperidine rings is 1. The molecule has 3 aliphatic rings. The van der Waals surface area contributed by atoms with Crippen molar-refractivity contribution < 1.29 is 0 Å². The Kier molecular flexibility index (Phi) is 8.35. The second-order valence-corrected chi connectivity index (χ2v) is 12.7. The van der Waals surface area contributed by atoms with E-state index in [4.69, 9.17) is 23.2 Å². The lowest BCUT2D eigenvalue weighted by Crippen LogP contribution is -2.50. The van der Waals surface area contributed by atoms with Crippen molar-refractivity contribution in [3.05, 3.63) is 82.7 Å². The minimum Gasteiger partial charge on any atom is -0.349 e. The van der Waals surface area contributed by atoms with Crippen LogP contribution < -0.4 is 20.8 Å². The molecule has 6 rings (SSSR count). The average molecular weight is 648 g/mol. The highest BCUT2D eigenvalue weighted by molar-refractivity contribution is 9.11. The summed E-state index contributed by atoms with van der Waals surface area (Å²) in [6.07, 6.45) is 4.28. The second kappa shape index (κ2) is 11.5. The van der Waals surface area contributed by atoms with Crippen molar-refractivity contribution >= 4 is 56.3 Å². The summed E-state index contributed by atoms with van der Waals surface area (Å²) in [5.74, 6) is 0.887. The van der Waals surface area contributed by atoms with E-state index in [1.165, 1.54) is 16.7 Å². The Morgan fingerprint density at radius 1 is 0.875 bits per heavy atom. The topological polar surface area (TPSA) is 59.5 Å². The van der Waals surface area contributed by atoms with Crippen molar-refractivity contribution in [2.75, 3.05) is 29.9 Å². The fourth-order valence-corrected chi connectivity index (χ4v) is 7.62. The summed E-state index contributed by atoms with van der Waals surface area (Å²) >= 11 is 16.6. The highest BCUT2D eigenvalue weighted by Gasteiger charge is 2.36. The van der Waals surface area contributed by atoms with Gasteiger partial charge in [0.2, 0.25) is 0 Å². The fraction of sp³-hybridized carbons (Fsp3) is 0.433. The molecule has 2 N–H and O–H groups in total. The molecule has 0 radical (unpaired) electrons. The Bertz CT molecular complexity index is 1500. The minimum absolute atomic E-state index is 0.0607. The molecular formula is C30H37BrCl2N6O. The maximum atomic E-state index is 12.1. The molecule has 1 fully saturated rings. The molecule has 40 heavy (non-hydrogen) atoms. The first-order valence-corrected chi connectivity index (χ1v) is 15.3. The predicted octanol–water partition coefficient (Wildman–Crippen LogP) is 7.01. The molecule has 0 spiro atoms. The molecule has 1 saturated heterocycles. The van der Waals surface area contributed by atoms with Crippen molar-refractivity contribution in [1.29, 1.82) is 0 Å². The van der Waals surface area contributed by atoms with Gasteiger partial charge in [-0.1, -0.05) is 35.3 Å². The molecule has 7 nitrogen and oxygen atoms in total. The number of fused-ring (bicyclic) bond motifs is 2. The van der Waals surface area contributed by atoms with E-state index in [0.29, 0.717) is 0 Å². The van der Waals surface area contributed by atoms with Gasteiger partial charge in [0.05, 0.1) is 31.6 Å². The molecule has 4 heterocycles. The smallest absolute Gasteiger partial charge is 0.271 e. The molecule has 1 unspecified atom stereocenters. The van der Waals surface area contributed by atoms with E-state index in [2.05, 4.69) is 80.2 Å². The first-order chi connectivity index (χ1) is 19.0. The van der Waals surface area contributed by atoms with Gasteiger partial charge in [0.15, 0.2) is 0 Å². The quantitative estimate of drug-likeness (QED) is 0.293. The van der Waals surface area contributed by atoms with Crippen molar-refractivity contribution in [2.24, 2.45) is 7.05 Å². The lowest BCUT2D eigenvalue weighted by molar-refractivity contribution is 0.311. The predicted molar refractivity (Wildman–Crippen MR) is 170 cm³/mol. The summed E-state index contributed by atoms with van der Waals surface area (Å²) in [6, 6.07) is 8.35. The number of anilines is 3. The van der Waals surface area contributed by atoms with Crippen LogP contribution in [0.3, 0.4) is 0 Å². The third kappa shape index (κ3) is 5.31. The normalized spacial score (nSPS) is 18.5. The van der Waals surface area contributed by atoms with Gasteiger partial charge in [0.1, 0.15) is 12.0 Å². The second-order valence-electron chi connectivity index (χ2n) is 11.1. The summed E-state index contributed by atoms with van der Waals surface area (Å²) in [4.78, 5) is 16.6. The molecule has 3 aromatic rings. The van der Waals surface area contributed by atoms with Crippen LogP contribution in [-0.4, -0.2) is 41.1 Å². The zero-order valence-corrected chi connectivity index (χ0v) is 27.1. The van der Waals surface area contributed by atoms with E-state index in [9.17, 15) is 4.79 Å². The summed E-state index contributed by atoms with van der Waals surface area (Å²) in [7, 11) is 3.79. The summed E-state index contributed by atoms with van der Waals surface area (Å²) in [5.41, 5.74) is 12.7. The molecule has 10 heteroatoms. The van der Waals surface area contributed by atoms with Crippen LogP contribution in [0.15, 0.2) is 39.2 Å². The number of hydrogen-bond acceptors (Lipinski definition) is 5. The van der Waals surface area contributed by atoms with Gasteiger partial charge >= 0.3 is 0 Å². The Hall–Kier alpha value is -2.39. The molecule has 0 saturated carbocycles. The van der Waals surface area contributed by atoms with Crippen LogP contribution in [0, 0.1) is 27.7 Å². The van der Waals surface area contributed by atoms with Crippen LogP contribution >= 0.6 is 39.1 Å². The van der Waals surface area contributed by atoms with Crippen molar-refractivity contribution in [3.8, 4) is 0 Å². The summed E-state index contributed by atoms with van der Waals surface area (Å²) in [5, 5.41) is 6.79. The van der Waals surface area contributed by atoms with Crippen LogP contribution in [0.4, 0.5) is 17.2 Å². The Morgan fingerprint density at radius 2 is 1.48 bits per heavy atom. The number of rotatable bonds is 2. The number of aromatic amines is 1. The fourth-order valence-electron chi connectivity index (χ4n) is 6.25. The number of nitrogens with one attached hydrogen (secondary N) is 2. The van der Waals surface area contributed by atoms with Crippen LogP contribution in [0.2, 0.25) is 10.0 Å². The minimum atomic E-state index is 0.0607. The molecule has 1 atom stereocenters. The Labute approximate surface area is 254 Å². The zero-order valence-electron chi connectivity index (χ0n) is 24.0. The number of aromatic nitrogens is 2. The number of benzene rings is 2. The number of halogens is 3. The van der Waals surface area contributed by atoms with E-state index < -0.39 is 0 Å². The highest BCUT2D eigenvalue weighted by Crippen LogP contribution is 2.40. The number of nitrogens with zero attached hydrogens (tertiary/aromatic N) is 4. The molecule has 1 aromatic heterocycles. The molecule has 3 aliphatic heterocycles. The van der Waals surface area contributed by atoms with Crippen LogP contribution in [0.1, 0.15) is 47.1 Å².